The molecule has 0 saturated carbocycles. The Bertz CT molecular complexity index is 689. The van der Waals surface area contributed by atoms with Crippen LogP contribution in [0.1, 0.15) is 15.9 Å². The molecule has 3 rings (SSSR count). The van der Waals surface area contributed by atoms with E-state index in [-0.39, 0.29) is 0 Å². The van der Waals surface area contributed by atoms with Crippen LogP contribution in [0.25, 0.3) is 6.08 Å². The Morgan fingerprint density at radius 1 is 1.08 bits per heavy atom. The van der Waals surface area contributed by atoms with Crippen LogP contribution in [0.2, 0.25) is 0 Å². The molecule has 1 aliphatic rings. The van der Waals surface area contributed by atoms with Crippen molar-refractivity contribution < 1.29 is 4.79 Å². The van der Waals surface area contributed by atoms with Gasteiger partial charge in [0.25, 0.3) is 0 Å². The zero-order valence-corrected chi connectivity index (χ0v) is 13.6. The van der Waals surface area contributed by atoms with Gasteiger partial charge in [-0.3, -0.25) is 9.69 Å². The maximum Gasteiger partial charge on any atom is 0.250 e. The first-order chi connectivity index (χ1) is 11.7. The molecule has 1 fully saturated rings. The fourth-order valence-corrected chi connectivity index (χ4v) is 2.78. The first-order valence-corrected chi connectivity index (χ1v) is 8.17. The minimum absolute atomic E-state index is 0.441. The lowest BCUT2D eigenvalue weighted by molar-refractivity contribution is 0.1000. The van der Waals surface area contributed by atoms with Gasteiger partial charge in [0, 0.05) is 38.9 Å². The third kappa shape index (κ3) is 4.20. The predicted octanol–water partition coefficient (Wildman–Crippen LogP) is 2.02. The molecule has 2 N–H and O–H groups in total. The second kappa shape index (κ2) is 7.75. The van der Waals surface area contributed by atoms with Crippen LogP contribution in [0, 0.1) is 0 Å². The van der Waals surface area contributed by atoms with Crippen molar-refractivity contribution in [1.82, 2.24) is 9.88 Å². The van der Waals surface area contributed by atoms with Crippen LogP contribution in [0.3, 0.4) is 0 Å². The molecule has 1 aromatic heterocycles. The van der Waals surface area contributed by atoms with Crippen molar-refractivity contribution in [2.45, 2.75) is 0 Å². The molecule has 0 atom stereocenters. The summed E-state index contributed by atoms with van der Waals surface area (Å²) in [6.07, 6.45) is 5.92. The highest BCUT2D eigenvalue weighted by molar-refractivity contribution is 5.92. The van der Waals surface area contributed by atoms with Crippen molar-refractivity contribution in [2.24, 2.45) is 5.73 Å². The van der Waals surface area contributed by atoms with Gasteiger partial charge in [-0.15, -0.1) is 0 Å². The standard InChI is InChI=1S/C19H22N4O/c20-19(24)17-8-9-18(21-15-17)23-13-11-22(12-14-23)10-4-7-16-5-2-1-3-6-16/h1-9,15H,10-14H2,(H2,20,24). The van der Waals surface area contributed by atoms with E-state index in [0.717, 1.165) is 38.5 Å². The Morgan fingerprint density at radius 2 is 1.83 bits per heavy atom. The van der Waals surface area contributed by atoms with Crippen LogP contribution in [0.15, 0.2) is 54.7 Å². The molecule has 1 saturated heterocycles. The summed E-state index contributed by atoms with van der Waals surface area (Å²) in [5, 5.41) is 0. The van der Waals surface area contributed by atoms with E-state index in [1.807, 2.05) is 12.1 Å². The Labute approximate surface area is 142 Å². The van der Waals surface area contributed by atoms with Crippen LogP contribution >= 0.6 is 0 Å². The SMILES string of the molecule is NC(=O)c1ccc(N2CCN(CC=Cc3ccccc3)CC2)nc1. The smallest absolute Gasteiger partial charge is 0.250 e. The zero-order valence-electron chi connectivity index (χ0n) is 13.6. The lowest BCUT2D eigenvalue weighted by atomic mass is 10.2. The third-order valence-electron chi connectivity index (χ3n) is 4.20. The van der Waals surface area contributed by atoms with E-state index in [1.165, 1.54) is 5.56 Å². The Hall–Kier alpha value is -2.66. The van der Waals surface area contributed by atoms with Gasteiger partial charge in [0.15, 0.2) is 0 Å². The van der Waals surface area contributed by atoms with E-state index in [4.69, 9.17) is 5.73 Å². The molecule has 5 nitrogen and oxygen atoms in total. The molecule has 0 radical (unpaired) electrons. The van der Waals surface area contributed by atoms with Crippen molar-refractivity contribution >= 4 is 17.8 Å². The molecule has 2 heterocycles. The fraction of sp³-hybridized carbons (Fsp3) is 0.263. The van der Waals surface area contributed by atoms with E-state index >= 15 is 0 Å². The number of hydrogen-bond acceptors (Lipinski definition) is 4. The number of benzene rings is 1. The fourth-order valence-electron chi connectivity index (χ4n) is 2.78. The minimum atomic E-state index is -0.441. The number of carbonyl (C=O) groups excluding carboxylic acids is 1. The van der Waals surface area contributed by atoms with Crippen molar-refractivity contribution in [2.75, 3.05) is 37.6 Å². The predicted molar refractivity (Wildman–Crippen MR) is 96.9 cm³/mol. The maximum atomic E-state index is 11.1. The third-order valence-corrected chi connectivity index (χ3v) is 4.20. The highest BCUT2D eigenvalue weighted by Crippen LogP contribution is 2.14. The van der Waals surface area contributed by atoms with E-state index in [1.54, 1.807) is 12.3 Å². The lowest BCUT2D eigenvalue weighted by Gasteiger charge is -2.34. The largest absolute Gasteiger partial charge is 0.366 e. The first-order valence-electron chi connectivity index (χ1n) is 8.17. The van der Waals surface area contributed by atoms with Crippen molar-refractivity contribution in [3.05, 3.63) is 65.9 Å². The molecule has 0 spiro atoms. The molecule has 0 bridgehead atoms. The van der Waals surface area contributed by atoms with Crippen molar-refractivity contribution in [1.29, 1.82) is 0 Å². The van der Waals surface area contributed by atoms with Gasteiger partial charge in [-0.05, 0) is 17.7 Å². The number of rotatable bonds is 5. The van der Waals surface area contributed by atoms with E-state index in [0.29, 0.717) is 5.56 Å². The Morgan fingerprint density at radius 3 is 2.46 bits per heavy atom. The summed E-state index contributed by atoms with van der Waals surface area (Å²) in [6.45, 7) is 4.82. The lowest BCUT2D eigenvalue weighted by Crippen LogP contribution is -2.46. The summed E-state index contributed by atoms with van der Waals surface area (Å²) in [6, 6.07) is 13.9. The van der Waals surface area contributed by atoms with E-state index in [2.05, 4.69) is 51.2 Å². The number of nitrogens with two attached hydrogens (primary N) is 1. The van der Waals surface area contributed by atoms with Crippen molar-refractivity contribution in [3.63, 3.8) is 0 Å². The molecule has 124 valence electrons. The molecule has 5 heteroatoms. The Balaban J connectivity index is 1.48. The zero-order chi connectivity index (χ0) is 16.8. The molecular weight excluding hydrogens is 300 g/mol. The quantitative estimate of drug-likeness (QED) is 0.915. The summed E-state index contributed by atoms with van der Waals surface area (Å²) >= 11 is 0. The molecule has 0 unspecified atom stereocenters. The van der Waals surface area contributed by atoms with Crippen LogP contribution < -0.4 is 10.6 Å². The van der Waals surface area contributed by atoms with E-state index in [9.17, 15) is 4.79 Å². The molecule has 1 aromatic carbocycles. The van der Waals surface area contributed by atoms with Gasteiger partial charge < -0.3 is 10.6 Å². The van der Waals surface area contributed by atoms with Gasteiger partial charge in [-0.25, -0.2) is 4.98 Å². The molecule has 1 amide bonds. The number of pyridine rings is 1. The van der Waals surface area contributed by atoms with Gasteiger partial charge in [0.05, 0.1) is 5.56 Å². The summed E-state index contributed by atoms with van der Waals surface area (Å²) in [5.41, 5.74) is 6.92. The van der Waals surface area contributed by atoms with Gasteiger partial charge in [-0.2, -0.15) is 0 Å². The summed E-state index contributed by atoms with van der Waals surface area (Å²) in [4.78, 5) is 20.1. The highest BCUT2D eigenvalue weighted by Gasteiger charge is 2.17. The summed E-state index contributed by atoms with van der Waals surface area (Å²) < 4.78 is 0. The molecule has 2 aromatic rings. The number of amides is 1. The number of hydrogen-bond donors (Lipinski definition) is 1. The van der Waals surface area contributed by atoms with Crippen LogP contribution in [0.4, 0.5) is 5.82 Å². The number of nitrogens with zero attached hydrogens (tertiary/aromatic N) is 3. The van der Waals surface area contributed by atoms with Crippen LogP contribution in [0.5, 0.6) is 0 Å². The average Bonchev–Trinajstić information content (AvgIpc) is 2.63. The van der Waals surface area contributed by atoms with Crippen LogP contribution in [-0.4, -0.2) is 48.5 Å². The number of carbonyl (C=O) groups is 1. The monoisotopic (exact) mass is 322 g/mol. The molecule has 0 aliphatic carbocycles. The molecular formula is C19H22N4O. The molecule has 24 heavy (non-hydrogen) atoms. The first kappa shape index (κ1) is 16.2. The summed E-state index contributed by atoms with van der Waals surface area (Å²) in [7, 11) is 0. The molecule has 1 aliphatic heterocycles. The van der Waals surface area contributed by atoms with Gasteiger partial charge in [0.1, 0.15) is 5.82 Å². The number of aromatic nitrogens is 1. The normalized spacial score (nSPS) is 15.8. The second-order valence-electron chi connectivity index (χ2n) is 5.87. The number of primary amides is 1. The van der Waals surface area contributed by atoms with E-state index < -0.39 is 5.91 Å². The van der Waals surface area contributed by atoms with Crippen LogP contribution in [-0.2, 0) is 0 Å². The summed E-state index contributed by atoms with van der Waals surface area (Å²) in [5.74, 6) is 0.462. The minimum Gasteiger partial charge on any atom is -0.366 e. The van der Waals surface area contributed by atoms with Gasteiger partial charge in [0.2, 0.25) is 5.91 Å². The van der Waals surface area contributed by atoms with Gasteiger partial charge >= 0.3 is 0 Å². The number of piperazine rings is 1. The average molecular weight is 322 g/mol. The van der Waals surface area contributed by atoms with Gasteiger partial charge in [-0.1, -0.05) is 42.5 Å². The highest BCUT2D eigenvalue weighted by atomic mass is 16.1. The van der Waals surface area contributed by atoms with Crippen molar-refractivity contribution in [3.8, 4) is 0 Å². The second-order valence-corrected chi connectivity index (χ2v) is 5.87. The maximum absolute atomic E-state index is 11.1. The Kier molecular flexibility index (Phi) is 5.23. The topological polar surface area (TPSA) is 62.5 Å². The number of anilines is 1.